The molecular weight excluding hydrogens is 190 g/mol. The number of aromatic nitrogens is 2. The largest absolute Gasteiger partial charge is 0.496 e. The van der Waals surface area contributed by atoms with Crippen LogP contribution in [0.5, 0.6) is 5.75 Å². The summed E-state index contributed by atoms with van der Waals surface area (Å²) in [6, 6.07) is 7.69. The molecule has 0 bridgehead atoms. The second-order valence-electron chi connectivity index (χ2n) is 3.29. The summed E-state index contributed by atoms with van der Waals surface area (Å²) < 4.78 is 7.04. The van der Waals surface area contributed by atoms with E-state index in [1.165, 1.54) is 0 Å². The topological polar surface area (TPSA) is 53.1 Å². The minimum atomic E-state index is 0.638. The molecule has 1 aromatic carbocycles. The molecule has 0 amide bonds. The number of benzene rings is 1. The van der Waals surface area contributed by atoms with Gasteiger partial charge in [-0.2, -0.15) is 0 Å². The first-order valence-electron chi connectivity index (χ1n) is 4.64. The smallest absolute Gasteiger partial charge is 0.131 e. The maximum absolute atomic E-state index is 5.90. The van der Waals surface area contributed by atoms with E-state index in [-0.39, 0.29) is 0 Å². The van der Waals surface area contributed by atoms with Crippen LogP contribution in [-0.2, 0) is 7.05 Å². The lowest BCUT2D eigenvalue weighted by Crippen LogP contribution is -1.96. The van der Waals surface area contributed by atoms with Crippen molar-refractivity contribution in [2.45, 2.75) is 0 Å². The van der Waals surface area contributed by atoms with Gasteiger partial charge in [0, 0.05) is 12.6 Å². The molecule has 0 saturated heterocycles. The van der Waals surface area contributed by atoms with Crippen molar-refractivity contribution in [1.82, 2.24) is 9.55 Å². The number of anilines is 1. The van der Waals surface area contributed by atoms with Gasteiger partial charge in [0.1, 0.15) is 17.3 Å². The number of hydrogen-bond donors (Lipinski definition) is 1. The number of aryl methyl sites for hydroxylation is 1. The lowest BCUT2D eigenvalue weighted by molar-refractivity contribution is 0.416. The zero-order valence-corrected chi connectivity index (χ0v) is 8.77. The maximum atomic E-state index is 5.90. The van der Waals surface area contributed by atoms with Gasteiger partial charge in [0.25, 0.3) is 0 Å². The summed E-state index contributed by atoms with van der Waals surface area (Å²) in [6.45, 7) is 0. The predicted octanol–water partition coefficient (Wildman–Crippen LogP) is 1.68. The molecule has 78 valence electrons. The summed E-state index contributed by atoms with van der Waals surface area (Å²) in [7, 11) is 3.50. The SMILES string of the molecule is COc1ccccc1-c1ncn(C)c1N. The Morgan fingerprint density at radius 3 is 2.67 bits per heavy atom. The van der Waals surface area contributed by atoms with Gasteiger partial charge in [-0.05, 0) is 12.1 Å². The summed E-state index contributed by atoms with van der Waals surface area (Å²) in [5.41, 5.74) is 7.58. The average Bonchev–Trinajstić information content (AvgIpc) is 2.60. The quantitative estimate of drug-likeness (QED) is 0.807. The Morgan fingerprint density at radius 2 is 2.07 bits per heavy atom. The zero-order valence-electron chi connectivity index (χ0n) is 8.77. The Hall–Kier alpha value is -1.97. The molecule has 4 heteroatoms. The van der Waals surface area contributed by atoms with Gasteiger partial charge < -0.3 is 15.0 Å². The fourth-order valence-electron chi connectivity index (χ4n) is 1.49. The number of ether oxygens (including phenoxy) is 1. The van der Waals surface area contributed by atoms with Gasteiger partial charge >= 0.3 is 0 Å². The molecular formula is C11H13N3O. The van der Waals surface area contributed by atoms with Crippen LogP contribution in [0.15, 0.2) is 30.6 Å². The van der Waals surface area contributed by atoms with Crippen LogP contribution in [0.4, 0.5) is 5.82 Å². The summed E-state index contributed by atoms with van der Waals surface area (Å²) in [4.78, 5) is 4.25. The Balaban J connectivity index is 2.58. The number of imidazole rings is 1. The van der Waals surface area contributed by atoms with Crippen molar-refractivity contribution in [3.8, 4) is 17.0 Å². The van der Waals surface area contributed by atoms with Crippen LogP contribution in [0, 0.1) is 0 Å². The first-order valence-corrected chi connectivity index (χ1v) is 4.64. The van der Waals surface area contributed by atoms with Gasteiger partial charge in [0.2, 0.25) is 0 Å². The van der Waals surface area contributed by atoms with Crippen LogP contribution in [0.1, 0.15) is 0 Å². The Morgan fingerprint density at radius 1 is 1.33 bits per heavy atom. The van der Waals surface area contributed by atoms with Crippen molar-refractivity contribution >= 4 is 5.82 Å². The van der Waals surface area contributed by atoms with E-state index in [1.807, 2.05) is 31.3 Å². The van der Waals surface area contributed by atoms with E-state index >= 15 is 0 Å². The normalized spacial score (nSPS) is 10.3. The summed E-state index contributed by atoms with van der Waals surface area (Å²) in [5.74, 6) is 1.42. The van der Waals surface area contributed by atoms with Gasteiger partial charge in [-0.25, -0.2) is 4.98 Å². The number of rotatable bonds is 2. The van der Waals surface area contributed by atoms with Crippen LogP contribution >= 0.6 is 0 Å². The summed E-state index contributed by atoms with van der Waals surface area (Å²) >= 11 is 0. The zero-order chi connectivity index (χ0) is 10.8. The summed E-state index contributed by atoms with van der Waals surface area (Å²) in [5, 5.41) is 0. The van der Waals surface area contributed by atoms with Gasteiger partial charge in [-0.1, -0.05) is 12.1 Å². The lowest BCUT2D eigenvalue weighted by Gasteiger charge is -2.06. The number of hydrogen-bond acceptors (Lipinski definition) is 3. The fraction of sp³-hybridized carbons (Fsp3) is 0.182. The van der Waals surface area contributed by atoms with E-state index in [0.29, 0.717) is 5.82 Å². The molecule has 2 N–H and O–H groups in total. The number of nitrogen functional groups attached to an aromatic ring is 1. The van der Waals surface area contributed by atoms with Crippen LogP contribution < -0.4 is 10.5 Å². The monoisotopic (exact) mass is 203 g/mol. The van der Waals surface area contributed by atoms with Crippen molar-refractivity contribution in [2.24, 2.45) is 7.05 Å². The van der Waals surface area contributed by atoms with Crippen molar-refractivity contribution in [2.75, 3.05) is 12.8 Å². The number of para-hydroxylation sites is 1. The van der Waals surface area contributed by atoms with Crippen LogP contribution in [-0.4, -0.2) is 16.7 Å². The standard InChI is InChI=1S/C11H13N3O/c1-14-7-13-10(11(14)12)8-5-3-4-6-9(8)15-2/h3-7H,12H2,1-2H3. The molecule has 0 atom stereocenters. The minimum Gasteiger partial charge on any atom is -0.496 e. The highest BCUT2D eigenvalue weighted by molar-refractivity contribution is 5.75. The van der Waals surface area contributed by atoms with E-state index in [4.69, 9.17) is 10.5 Å². The molecule has 0 saturated carbocycles. The van der Waals surface area contributed by atoms with Crippen molar-refractivity contribution in [1.29, 1.82) is 0 Å². The van der Waals surface area contributed by atoms with Gasteiger partial charge in [0.05, 0.1) is 13.4 Å². The lowest BCUT2D eigenvalue weighted by atomic mass is 10.1. The first kappa shape index (κ1) is 9.58. The molecule has 0 spiro atoms. The van der Waals surface area contributed by atoms with Gasteiger partial charge in [0.15, 0.2) is 0 Å². The number of nitrogens with zero attached hydrogens (tertiary/aromatic N) is 2. The average molecular weight is 203 g/mol. The van der Waals surface area contributed by atoms with Crippen LogP contribution in [0.3, 0.4) is 0 Å². The van der Waals surface area contributed by atoms with Crippen molar-refractivity contribution in [3.63, 3.8) is 0 Å². The molecule has 0 aliphatic carbocycles. The highest BCUT2D eigenvalue weighted by Crippen LogP contribution is 2.31. The van der Waals surface area contributed by atoms with E-state index in [0.717, 1.165) is 17.0 Å². The fourth-order valence-corrected chi connectivity index (χ4v) is 1.49. The third-order valence-electron chi connectivity index (χ3n) is 2.34. The second kappa shape index (κ2) is 3.65. The molecule has 0 aliphatic heterocycles. The molecule has 0 unspecified atom stereocenters. The molecule has 0 fully saturated rings. The highest BCUT2D eigenvalue weighted by atomic mass is 16.5. The summed E-state index contributed by atoms with van der Waals surface area (Å²) in [6.07, 6.45) is 1.69. The number of methoxy groups -OCH3 is 1. The van der Waals surface area contributed by atoms with Gasteiger partial charge in [-0.3, -0.25) is 0 Å². The maximum Gasteiger partial charge on any atom is 0.131 e. The van der Waals surface area contributed by atoms with Crippen molar-refractivity contribution in [3.05, 3.63) is 30.6 Å². The van der Waals surface area contributed by atoms with E-state index < -0.39 is 0 Å². The second-order valence-corrected chi connectivity index (χ2v) is 3.29. The third kappa shape index (κ3) is 1.54. The highest BCUT2D eigenvalue weighted by Gasteiger charge is 2.11. The van der Waals surface area contributed by atoms with Crippen molar-refractivity contribution < 1.29 is 4.74 Å². The minimum absolute atomic E-state index is 0.638. The Bertz CT molecular complexity index is 476. The molecule has 4 nitrogen and oxygen atoms in total. The van der Waals surface area contributed by atoms with Crippen LogP contribution in [0.2, 0.25) is 0 Å². The predicted molar refractivity (Wildman–Crippen MR) is 59.6 cm³/mol. The molecule has 0 radical (unpaired) electrons. The molecule has 0 aliphatic rings. The molecule has 2 rings (SSSR count). The van der Waals surface area contributed by atoms with E-state index in [1.54, 1.807) is 18.0 Å². The first-order chi connectivity index (χ1) is 7.24. The van der Waals surface area contributed by atoms with Crippen LogP contribution in [0.25, 0.3) is 11.3 Å². The Kier molecular flexibility index (Phi) is 2.33. The molecule has 1 aromatic heterocycles. The van der Waals surface area contributed by atoms with E-state index in [9.17, 15) is 0 Å². The number of nitrogens with two attached hydrogens (primary N) is 1. The molecule has 1 heterocycles. The Labute approximate surface area is 88.3 Å². The van der Waals surface area contributed by atoms with Gasteiger partial charge in [-0.15, -0.1) is 0 Å². The molecule has 15 heavy (non-hydrogen) atoms. The van der Waals surface area contributed by atoms with E-state index in [2.05, 4.69) is 4.98 Å². The molecule has 2 aromatic rings. The third-order valence-corrected chi connectivity index (χ3v) is 2.34.